The van der Waals surface area contributed by atoms with Gasteiger partial charge in [0.15, 0.2) is 5.84 Å². The largest absolute Gasteiger partial charge is 0.409 e. The van der Waals surface area contributed by atoms with Crippen LogP contribution in [0.1, 0.15) is 30.8 Å². The van der Waals surface area contributed by atoms with E-state index >= 15 is 0 Å². The summed E-state index contributed by atoms with van der Waals surface area (Å²) in [6.07, 6.45) is 0. The Kier molecular flexibility index (Phi) is 4.67. The molecule has 1 atom stereocenters. The fourth-order valence-electron chi connectivity index (χ4n) is 3.11. The van der Waals surface area contributed by atoms with E-state index in [2.05, 4.69) is 33.8 Å². The highest BCUT2D eigenvalue weighted by Crippen LogP contribution is 2.26. The summed E-state index contributed by atoms with van der Waals surface area (Å²) in [7, 11) is 0. The van der Waals surface area contributed by atoms with E-state index in [1.54, 1.807) is 0 Å². The van der Waals surface area contributed by atoms with Gasteiger partial charge in [-0.1, -0.05) is 12.1 Å². The molecule has 1 aliphatic heterocycles. The number of amidine groups is 1. The van der Waals surface area contributed by atoms with Gasteiger partial charge in [0.1, 0.15) is 0 Å². The Morgan fingerprint density at radius 1 is 1.48 bits per heavy atom. The fraction of sp³-hybridized carbons (Fsp3) is 0.600. The van der Waals surface area contributed by atoms with E-state index in [0.717, 1.165) is 48.8 Å². The zero-order chi connectivity index (χ0) is 15.6. The summed E-state index contributed by atoms with van der Waals surface area (Å²) in [5.41, 5.74) is 9.36. The van der Waals surface area contributed by atoms with Gasteiger partial charge in [-0.05, 0) is 33.4 Å². The minimum atomic E-state index is 0.126. The summed E-state index contributed by atoms with van der Waals surface area (Å²) in [6, 6.07) is 2.51. The summed E-state index contributed by atoms with van der Waals surface area (Å²) in [6.45, 7) is 12.3. The number of aryl methyl sites for hydroxylation is 2. The van der Waals surface area contributed by atoms with Crippen LogP contribution in [-0.2, 0) is 0 Å². The summed E-state index contributed by atoms with van der Waals surface area (Å²) in [4.78, 5) is 9.21. The molecule has 1 fully saturated rings. The van der Waals surface area contributed by atoms with E-state index < -0.39 is 0 Å². The molecule has 0 saturated carbocycles. The Labute approximate surface area is 126 Å². The Hall–Kier alpha value is -1.82. The molecule has 1 aromatic heterocycles. The van der Waals surface area contributed by atoms with Gasteiger partial charge >= 0.3 is 0 Å². The van der Waals surface area contributed by atoms with Crippen LogP contribution in [0.4, 0.5) is 5.69 Å². The topological polar surface area (TPSA) is 78.0 Å². The summed E-state index contributed by atoms with van der Waals surface area (Å²) in [5.74, 6) is 0.126. The highest BCUT2D eigenvalue weighted by atomic mass is 16.4. The van der Waals surface area contributed by atoms with Crippen LogP contribution in [0.3, 0.4) is 0 Å². The number of oxime groups is 1. The van der Waals surface area contributed by atoms with Gasteiger partial charge in [-0.25, -0.2) is 0 Å². The molecule has 1 unspecified atom stereocenters. The molecule has 1 aliphatic rings. The third-order valence-corrected chi connectivity index (χ3v) is 4.18. The van der Waals surface area contributed by atoms with E-state index in [1.165, 1.54) is 0 Å². The first kappa shape index (κ1) is 15.6. The quantitative estimate of drug-likeness (QED) is 0.380. The lowest BCUT2D eigenvalue weighted by atomic mass is 10.1. The second-order valence-electron chi connectivity index (χ2n) is 5.65. The molecule has 0 amide bonds. The molecule has 0 aromatic carbocycles. The van der Waals surface area contributed by atoms with Crippen molar-refractivity contribution in [3.05, 3.63) is 23.0 Å². The minimum absolute atomic E-state index is 0.126. The molecule has 0 aliphatic carbocycles. The number of nitrogens with two attached hydrogens (primary N) is 1. The van der Waals surface area contributed by atoms with E-state index in [0.29, 0.717) is 6.04 Å². The Bertz CT molecular complexity index is 543. The van der Waals surface area contributed by atoms with Crippen LogP contribution in [0.5, 0.6) is 0 Å². The molecular weight excluding hydrogens is 266 g/mol. The van der Waals surface area contributed by atoms with Crippen molar-refractivity contribution in [1.29, 1.82) is 0 Å². The monoisotopic (exact) mass is 291 g/mol. The molecule has 6 heteroatoms. The predicted molar refractivity (Wildman–Crippen MR) is 85.1 cm³/mol. The average Bonchev–Trinajstić information content (AvgIpc) is 2.45. The van der Waals surface area contributed by atoms with Crippen molar-refractivity contribution in [2.24, 2.45) is 10.9 Å². The number of aromatic nitrogens is 1. The van der Waals surface area contributed by atoms with Crippen LogP contribution in [0.2, 0.25) is 0 Å². The summed E-state index contributed by atoms with van der Waals surface area (Å²) < 4.78 is 0. The molecule has 0 radical (unpaired) electrons. The number of hydrogen-bond donors (Lipinski definition) is 2. The third kappa shape index (κ3) is 3.10. The molecule has 0 spiro atoms. The lowest BCUT2D eigenvalue weighted by molar-refractivity contribution is 0.199. The van der Waals surface area contributed by atoms with Crippen LogP contribution >= 0.6 is 0 Å². The van der Waals surface area contributed by atoms with E-state index in [1.807, 2.05) is 19.9 Å². The van der Waals surface area contributed by atoms with Crippen molar-refractivity contribution in [2.45, 2.75) is 33.7 Å². The van der Waals surface area contributed by atoms with Gasteiger partial charge in [0, 0.05) is 31.4 Å². The first-order valence-corrected chi connectivity index (χ1v) is 7.43. The summed E-state index contributed by atoms with van der Waals surface area (Å²) >= 11 is 0. The molecule has 21 heavy (non-hydrogen) atoms. The number of pyridine rings is 1. The molecule has 1 aromatic rings. The minimum Gasteiger partial charge on any atom is -0.409 e. The van der Waals surface area contributed by atoms with Gasteiger partial charge < -0.3 is 15.8 Å². The van der Waals surface area contributed by atoms with Crippen molar-refractivity contribution >= 4 is 11.5 Å². The van der Waals surface area contributed by atoms with Crippen LogP contribution in [0.25, 0.3) is 0 Å². The SMILES string of the molecule is CCN1CCN(c2cc(C)nc(C)c2/C(N)=N/O)CC1C. The van der Waals surface area contributed by atoms with Crippen molar-refractivity contribution < 1.29 is 5.21 Å². The highest BCUT2D eigenvalue weighted by Gasteiger charge is 2.26. The molecule has 2 rings (SSSR count). The average molecular weight is 291 g/mol. The molecule has 0 bridgehead atoms. The van der Waals surface area contributed by atoms with Gasteiger partial charge in [0.25, 0.3) is 0 Å². The number of anilines is 1. The number of likely N-dealkylation sites (N-methyl/N-ethyl adjacent to an activating group) is 1. The molecule has 3 N–H and O–H groups in total. The second kappa shape index (κ2) is 6.30. The van der Waals surface area contributed by atoms with Crippen LogP contribution in [-0.4, -0.2) is 53.1 Å². The van der Waals surface area contributed by atoms with Crippen LogP contribution in [0, 0.1) is 13.8 Å². The van der Waals surface area contributed by atoms with Gasteiger partial charge in [-0.15, -0.1) is 0 Å². The smallest absolute Gasteiger partial charge is 0.174 e. The van der Waals surface area contributed by atoms with Gasteiger partial charge in [-0.3, -0.25) is 9.88 Å². The van der Waals surface area contributed by atoms with E-state index in [4.69, 9.17) is 10.9 Å². The van der Waals surface area contributed by atoms with Crippen molar-refractivity contribution in [1.82, 2.24) is 9.88 Å². The maximum atomic E-state index is 9.05. The first-order valence-electron chi connectivity index (χ1n) is 7.43. The maximum absolute atomic E-state index is 9.05. The number of hydrogen-bond acceptors (Lipinski definition) is 5. The van der Waals surface area contributed by atoms with Crippen molar-refractivity contribution in [3.63, 3.8) is 0 Å². The molecule has 2 heterocycles. The molecule has 1 saturated heterocycles. The molecular formula is C15H25N5O. The third-order valence-electron chi connectivity index (χ3n) is 4.18. The van der Waals surface area contributed by atoms with E-state index in [-0.39, 0.29) is 5.84 Å². The second-order valence-corrected chi connectivity index (χ2v) is 5.65. The number of rotatable bonds is 3. The van der Waals surface area contributed by atoms with Crippen molar-refractivity contribution in [2.75, 3.05) is 31.1 Å². The van der Waals surface area contributed by atoms with Crippen LogP contribution in [0.15, 0.2) is 11.2 Å². The highest BCUT2D eigenvalue weighted by molar-refractivity contribution is 6.03. The van der Waals surface area contributed by atoms with Crippen molar-refractivity contribution in [3.8, 4) is 0 Å². The fourth-order valence-corrected chi connectivity index (χ4v) is 3.11. The number of nitrogens with zero attached hydrogens (tertiary/aromatic N) is 4. The van der Waals surface area contributed by atoms with E-state index in [9.17, 15) is 0 Å². The Morgan fingerprint density at radius 2 is 2.19 bits per heavy atom. The standard InChI is InChI=1S/C15H25N5O/c1-5-19-6-7-20(9-11(19)3)13-8-10(2)17-12(4)14(13)15(16)18-21/h8,11,21H,5-7,9H2,1-4H3,(H2,16,18). The summed E-state index contributed by atoms with van der Waals surface area (Å²) in [5, 5.41) is 12.2. The van der Waals surface area contributed by atoms with Crippen LogP contribution < -0.4 is 10.6 Å². The zero-order valence-corrected chi connectivity index (χ0v) is 13.3. The van der Waals surface area contributed by atoms with Gasteiger partial charge in [0.05, 0.1) is 16.9 Å². The van der Waals surface area contributed by atoms with Gasteiger partial charge in [0.2, 0.25) is 0 Å². The van der Waals surface area contributed by atoms with Gasteiger partial charge in [-0.2, -0.15) is 0 Å². The molecule has 116 valence electrons. The first-order chi connectivity index (χ1) is 9.97. The normalized spacial score (nSPS) is 20.9. The zero-order valence-electron chi connectivity index (χ0n) is 13.3. The molecule has 6 nitrogen and oxygen atoms in total. The Balaban J connectivity index is 2.40. The lowest BCUT2D eigenvalue weighted by Gasteiger charge is -2.41. The predicted octanol–water partition coefficient (Wildman–Crippen LogP) is 1.32. The lowest BCUT2D eigenvalue weighted by Crippen LogP contribution is -2.52. The number of piperazine rings is 1. The maximum Gasteiger partial charge on any atom is 0.174 e. The Morgan fingerprint density at radius 3 is 2.76 bits per heavy atom.